The molecular weight excluding hydrogens is 355 g/mol. The number of hydrogen-bond acceptors (Lipinski definition) is 4. The number of pyridine rings is 1. The third-order valence-corrected chi connectivity index (χ3v) is 5.87. The van der Waals surface area contributed by atoms with E-state index < -0.39 is 27.0 Å². The second-order valence-electron chi connectivity index (χ2n) is 6.24. The van der Waals surface area contributed by atoms with Gasteiger partial charge in [-0.25, -0.2) is 18.1 Å². The number of nitrogens with one attached hydrogen (secondary N) is 2. The van der Waals surface area contributed by atoms with Crippen molar-refractivity contribution in [2.45, 2.75) is 58.4 Å². The van der Waals surface area contributed by atoms with E-state index in [4.69, 9.17) is 0 Å². The van der Waals surface area contributed by atoms with E-state index in [9.17, 15) is 21.6 Å². The van der Waals surface area contributed by atoms with Gasteiger partial charge >= 0.3 is 6.18 Å². The van der Waals surface area contributed by atoms with Crippen molar-refractivity contribution in [1.29, 1.82) is 0 Å². The summed E-state index contributed by atoms with van der Waals surface area (Å²) in [6, 6.07) is 0. The first-order valence-corrected chi connectivity index (χ1v) is 9.77. The molecule has 1 heterocycles. The standard InChI is InChI=1S/C16H26F3N3O2S/c1-11(2)25(23,24)22-9-7-5-6-8-20-15-13(4)12(3)14(10-21-15)16(17,18)19/h10-11,22H,5-9H2,1-4H3,(H,20,21). The Hall–Kier alpha value is -1.35. The van der Waals surface area contributed by atoms with E-state index in [1.54, 1.807) is 20.8 Å². The van der Waals surface area contributed by atoms with Gasteiger partial charge < -0.3 is 5.32 Å². The molecule has 0 aliphatic carbocycles. The zero-order valence-electron chi connectivity index (χ0n) is 15.0. The molecule has 25 heavy (non-hydrogen) atoms. The fraction of sp³-hybridized carbons (Fsp3) is 0.688. The van der Waals surface area contributed by atoms with Gasteiger partial charge in [0, 0.05) is 19.3 Å². The zero-order chi connectivity index (χ0) is 19.3. The van der Waals surface area contributed by atoms with Gasteiger partial charge in [0.1, 0.15) is 5.82 Å². The minimum Gasteiger partial charge on any atom is -0.370 e. The number of sulfonamides is 1. The summed E-state index contributed by atoms with van der Waals surface area (Å²) < 4.78 is 64.1. The molecule has 1 aromatic heterocycles. The number of nitrogens with zero attached hydrogens (tertiary/aromatic N) is 1. The number of rotatable bonds is 9. The number of alkyl halides is 3. The summed E-state index contributed by atoms with van der Waals surface area (Å²) in [6.45, 7) is 7.24. The molecule has 1 rings (SSSR count). The maximum Gasteiger partial charge on any atom is 0.418 e. The Morgan fingerprint density at radius 2 is 1.68 bits per heavy atom. The molecule has 0 aliphatic rings. The Balaban J connectivity index is 2.39. The second-order valence-corrected chi connectivity index (χ2v) is 8.57. The second kappa shape index (κ2) is 8.84. The van der Waals surface area contributed by atoms with Crippen LogP contribution in [0.5, 0.6) is 0 Å². The summed E-state index contributed by atoms with van der Waals surface area (Å²) in [4.78, 5) is 3.87. The van der Waals surface area contributed by atoms with E-state index in [1.807, 2.05) is 0 Å². The van der Waals surface area contributed by atoms with Crippen LogP contribution in [0.2, 0.25) is 0 Å². The average molecular weight is 381 g/mol. The normalized spacial score (nSPS) is 12.6. The van der Waals surface area contributed by atoms with Gasteiger partial charge in [0.15, 0.2) is 0 Å². The van der Waals surface area contributed by atoms with Crippen LogP contribution in [0.25, 0.3) is 0 Å². The quantitative estimate of drug-likeness (QED) is 0.641. The van der Waals surface area contributed by atoms with E-state index in [0.29, 0.717) is 30.9 Å². The van der Waals surface area contributed by atoms with E-state index in [2.05, 4.69) is 15.0 Å². The molecule has 0 amide bonds. The SMILES string of the molecule is Cc1c(C(F)(F)F)cnc(NCCCCCNS(=O)(=O)C(C)C)c1C. The first kappa shape index (κ1) is 21.7. The molecule has 0 aliphatic heterocycles. The van der Waals surface area contributed by atoms with Crippen LogP contribution in [-0.4, -0.2) is 31.7 Å². The molecule has 0 bridgehead atoms. The molecule has 0 radical (unpaired) electrons. The van der Waals surface area contributed by atoms with Crippen molar-refractivity contribution in [3.8, 4) is 0 Å². The van der Waals surface area contributed by atoms with E-state index in [1.165, 1.54) is 6.92 Å². The molecule has 0 saturated heterocycles. The van der Waals surface area contributed by atoms with Gasteiger partial charge in [0.2, 0.25) is 10.0 Å². The van der Waals surface area contributed by atoms with Gasteiger partial charge in [-0.15, -0.1) is 0 Å². The average Bonchev–Trinajstić information content (AvgIpc) is 2.48. The molecule has 0 saturated carbocycles. The van der Waals surface area contributed by atoms with Gasteiger partial charge in [-0.1, -0.05) is 6.42 Å². The van der Waals surface area contributed by atoms with E-state index in [-0.39, 0.29) is 5.56 Å². The minimum absolute atomic E-state index is 0.174. The Kier molecular flexibility index (Phi) is 7.67. The monoisotopic (exact) mass is 381 g/mol. The lowest BCUT2D eigenvalue weighted by atomic mass is 10.1. The summed E-state index contributed by atoms with van der Waals surface area (Å²) in [5, 5.41) is 2.59. The van der Waals surface area contributed by atoms with Gasteiger partial charge in [-0.05, 0) is 51.7 Å². The summed E-state index contributed by atoms with van der Waals surface area (Å²) >= 11 is 0. The molecule has 1 aromatic rings. The molecule has 9 heteroatoms. The molecule has 144 valence electrons. The van der Waals surface area contributed by atoms with Crippen molar-refractivity contribution in [1.82, 2.24) is 9.71 Å². The lowest BCUT2D eigenvalue weighted by molar-refractivity contribution is -0.138. The lowest BCUT2D eigenvalue weighted by Crippen LogP contribution is -2.31. The molecule has 2 N–H and O–H groups in total. The minimum atomic E-state index is -4.40. The molecule has 0 aromatic carbocycles. The third-order valence-electron chi connectivity index (χ3n) is 4.02. The van der Waals surface area contributed by atoms with Crippen LogP contribution < -0.4 is 10.0 Å². The Morgan fingerprint density at radius 3 is 2.24 bits per heavy atom. The number of anilines is 1. The van der Waals surface area contributed by atoms with Crippen molar-refractivity contribution in [3.63, 3.8) is 0 Å². The number of aromatic nitrogens is 1. The molecule has 0 unspecified atom stereocenters. The van der Waals surface area contributed by atoms with Crippen molar-refractivity contribution >= 4 is 15.8 Å². The van der Waals surface area contributed by atoms with Gasteiger partial charge in [0.05, 0.1) is 10.8 Å². The highest BCUT2D eigenvalue weighted by atomic mass is 32.2. The first-order valence-electron chi connectivity index (χ1n) is 8.22. The van der Waals surface area contributed by atoms with Crippen molar-refractivity contribution < 1.29 is 21.6 Å². The summed E-state index contributed by atoms with van der Waals surface area (Å²) in [7, 11) is -3.23. The summed E-state index contributed by atoms with van der Waals surface area (Å²) in [6.07, 6.45) is -1.28. The highest BCUT2D eigenvalue weighted by Gasteiger charge is 2.33. The van der Waals surface area contributed by atoms with Crippen LogP contribution in [0.4, 0.5) is 19.0 Å². The molecule has 0 fully saturated rings. The summed E-state index contributed by atoms with van der Waals surface area (Å²) in [5.74, 6) is 0.450. The maximum atomic E-state index is 12.8. The van der Waals surface area contributed by atoms with Crippen LogP contribution in [0.3, 0.4) is 0 Å². The fourth-order valence-electron chi connectivity index (χ4n) is 2.18. The predicted molar refractivity (Wildman–Crippen MR) is 93.1 cm³/mol. The van der Waals surface area contributed by atoms with Crippen molar-refractivity contribution in [2.24, 2.45) is 0 Å². The van der Waals surface area contributed by atoms with Crippen LogP contribution in [-0.2, 0) is 16.2 Å². The maximum absolute atomic E-state index is 12.8. The fourth-order valence-corrected chi connectivity index (χ4v) is 2.94. The number of hydrogen-bond donors (Lipinski definition) is 2. The molecular formula is C16H26F3N3O2S. The molecule has 0 atom stereocenters. The first-order chi connectivity index (χ1) is 11.5. The Labute approximate surface area is 147 Å². The molecule has 0 spiro atoms. The highest BCUT2D eigenvalue weighted by Crippen LogP contribution is 2.33. The van der Waals surface area contributed by atoms with Crippen LogP contribution in [0.1, 0.15) is 49.8 Å². The van der Waals surface area contributed by atoms with Crippen molar-refractivity contribution in [3.05, 3.63) is 22.9 Å². The zero-order valence-corrected chi connectivity index (χ0v) is 15.8. The number of halogens is 3. The lowest BCUT2D eigenvalue weighted by Gasteiger charge is -2.15. The highest BCUT2D eigenvalue weighted by molar-refractivity contribution is 7.90. The van der Waals surface area contributed by atoms with Crippen molar-refractivity contribution in [2.75, 3.05) is 18.4 Å². The Bertz CT molecular complexity index is 674. The van der Waals surface area contributed by atoms with Gasteiger partial charge in [0.25, 0.3) is 0 Å². The molecule has 5 nitrogen and oxygen atoms in total. The van der Waals surface area contributed by atoms with E-state index >= 15 is 0 Å². The largest absolute Gasteiger partial charge is 0.418 e. The smallest absolute Gasteiger partial charge is 0.370 e. The summed E-state index contributed by atoms with van der Waals surface area (Å²) in [5.41, 5.74) is -0.0550. The van der Waals surface area contributed by atoms with Crippen LogP contribution in [0.15, 0.2) is 6.20 Å². The third kappa shape index (κ3) is 6.47. The predicted octanol–water partition coefficient (Wildman–Crippen LogP) is 3.63. The van der Waals surface area contributed by atoms with Crippen LogP contribution >= 0.6 is 0 Å². The number of unbranched alkanes of at least 4 members (excludes halogenated alkanes) is 2. The van der Waals surface area contributed by atoms with E-state index in [0.717, 1.165) is 19.0 Å². The van der Waals surface area contributed by atoms with Gasteiger partial charge in [-0.3, -0.25) is 0 Å². The topological polar surface area (TPSA) is 71.1 Å². The van der Waals surface area contributed by atoms with Crippen LogP contribution in [0, 0.1) is 13.8 Å². The van der Waals surface area contributed by atoms with Gasteiger partial charge in [-0.2, -0.15) is 13.2 Å². The Morgan fingerprint density at radius 1 is 1.08 bits per heavy atom.